The molecule has 0 saturated carbocycles. The van der Waals surface area contributed by atoms with Crippen LogP contribution >= 0.6 is 0 Å². The number of hydrogen-bond acceptors (Lipinski definition) is 3. The van der Waals surface area contributed by atoms with Crippen molar-refractivity contribution in [2.24, 2.45) is 5.92 Å². The highest BCUT2D eigenvalue weighted by Gasteiger charge is 2.20. The van der Waals surface area contributed by atoms with Crippen molar-refractivity contribution in [1.29, 1.82) is 0 Å². The number of carboxylic acids is 1. The summed E-state index contributed by atoms with van der Waals surface area (Å²) >= 11 is 0. The predicted octanol–water partition coefficient (Wildman–Crippen LogP) is 2.78. The van der Waals surface area contributed by atoms with Crippen LogP contribution in [-0.2, 0) is 4.79 Å². The summed E-state index contributed by atoms with van der Waals surface area (Å²) < 4.78 is 5.51. The second-order valence-electron chi connectivity index (χ2n) is 5.14. The lowest BCUT2D eigenvalue weighted by atomic mass is 10.0. The molecule has 0 aliphatic heterocycles. The van der Waals surface area contributed by atoms with Gasteiger partial charge in [0.05, 0.1) is 18.7 Å². The van der Waals surface area contributed by atoms with Gasteiger partial charge in [-0.05, 0) is 37.5 Å². The standard InChI is InChI=1S/C15H23NO3/c1-9-7-10(2)13(14(19-6)12(9)4)16(5)8-11(3)15(17)18/h7,11H,8H2,1-6H3,(H,17,18). The fraction of sp³-hybridized carbons (Fsp3) is 0.533. The van der Waals surface area contributed by atoms with E-state index < -0.39 is 11.9 Å². The van der Waals surface area contributed by atoms with E-state index in [1.807, 2.05) is 25.8 Å². The Morgan fingerprint density at radius 1 is 1.37 bits per heavy atom. The molecule has 0 amide bonds. The van der Waals surface area contributed by atoms with E-state index in [0.717, 1.165) is 22.6 Å². The van der Waals surface area contributed by atoms with Gasteiger partial charge in [-0.3, -0.25) is 4.79 Å². The minimum Gasteiger partial charge on any atom is -0.494 e. The van der Waals surface area contributed by atoms with Crippen molar-refractivity contribution < 1.29 is 14.6 Å². The number of rotatable bonds is 5. The zero-order valence-electron chi connectivity index (χ0n) is 12.6. The molecule has 1 unspecified atom stereocenters. The Balaban J connectivity index is 3.19. The molecule has 1 N–H and O–H groups in total. The zero-order chi connectivity index (χ0) is 14.7. The first kappa shape index (κ1) is 15.3. The van der Waals surface area contributed by atoms with Crippen LogP contribution in [0.4, 0.5) is 5.69 Å². The molecule has 0 saturated heterocycles. The smallest absolute Gasteiger partial charge is 0.308 e. The molecule has 0 aliphatic carbocycles. The largest absolute Gasteiger partial charge is 0.494 e. The highest BCUT2D eigenvalue weighted by Crippen LogP contribution is 2.36. The van der Waals surface area contributed by atoms with Crippen molar-refractivity contribution in [3.05, 3.63) is 22.8 Å². The Morgan fingerprint density at radius 2 is 1.95 bits per heavy atom. The van der Waals surface area contributed by atoms with Crippen molar-refractivity contribution in [2.45, 2.75) is 27.7 Å². The van der Waals surface area contributed by atoms with Gasteiger partial charge < -0.3 is 14.7 Å². The van der Waals surface area contributed by atoms with Gasteiger partial charge in [-0.25, -0.2) is 0 Å². The van der Waals surface area contributed by atoms with Crippen LogP contribution in [0.5, 0.6) is 5.75 Å². The molecule has 4 nitrogen and oxygen atoms in total. The van der Waals surface area contributed by atoms with E-state index in [1.165, 1.54) is 5.56 Å². The summed E-state index contributed by atoms with van der Waals surface area (Å²) in [6.07, 6.45) is 0. The summed E-state index contributed by atoms with van der Waals surface area (Å²) in [7, 11) is 3.55. The summed E-state index contributed by atoms with van der Waals surface area (Å²) in [5.41, 5.74) is 4.34. The first-order valence-electron chi connectivity index (χ1n) is 6.38. The minimum atomic E-state index is -0.785. The summed E-state index contributed by atoms with van der Waals surface area (Å²) in [6.45, 7) is 8.25. The normalized spacial score (nSPS) is 12.1. The molecule has 106 valence electrons. The number of aliphatic carboxylic acids is 1. The minimum absolute atomic E-state index is 0.421. The van der Waals surface area contributed by atoms with E-state index in [4.69, 9.17) is 9.84 Å². The average Bonchev–Trinajstić information content (AvgIpc) is 2.32. The fourth-order valence-corrected chi connectivity index (χ4v) is 2.34. The predicted molar refractivity (Wildman–Crippen MR) is 77.3 cm³/mol. The van der Waals surface area contributed by atoms with Gasteiger partial charge in [0, 0.05) is 13.6 Å². The summed E-state index contributed by atoms with van der Waals surface area (Å²) in [6, 6.07) is 2.11. The summed E-state index contributed by atoms with van der Waals surface area (Å²) in [4.78, 5) is 12.9. The number of anilines is 1. The summed E-state index contributed by atoms with van der Waals surface area (Å²) in [5.74, 6) is -0.374. The van der Waals surface area contributed by atoms with Gasteiger partial charge >= 0.3 is 5.97 Å². The molecule has 0 radical (unpaired) electrons. The van der Waals surface area contributed by atoms with E-state index in [0.29, 0.717) is 6.54 Å². The number of ether oxygens (including phenoxy) is 1. The first-order chi connectivity index (χ1) is 8.79. The number of methoxy groups -OCH3 is 1. The third-order valence-corrected chi connectivity index (χ3v) is 3.51. The van der Waals surface area contributed by atoms with Crippen LogP contribution in [0.25, 0.3) is 0 Å². The third-order valence-electron chi connectivity index (χ3n) is 3.51. The van der Waals surface area contributed by atoms with Crippen molar-refractivity contribution in [2.75, 3.05) is 25.6 Å². The maximum absolute atomic E-state index is 11.0. The van der Waals surface area contributed by atoms with Gasteiger partial charge in [0.1, 0.15) is 5.75 Å². The molecule has 0 aromatic heterocycles. The Bertz CT molecular complexity index is 483. The topological polar surface area (TPSA) is 49.8 Å². The molecular formula is C15H23NO3. The zero-order valence-corrected chi connectivity index (χ0v) is 12.6. The van der Waals surface area contributed by atoms with Crippen LogP contribution in [0.3, 0.4) is 0 Å². The SMILES string of the molecule is COc1c(C)c(C)cc(C)c1N(C)CC(C)C(=O)O. The quantitative estimate of drug-likeness (QED) is 0.889. The molecule has 1 aromatic rings. The second-order valence-corrected chi connectivity index (χ2v) is 5.14. The lowest BCUT2D eigenvalue weighted by molar-refractivity contribution is -0.140. The first-order valence-corrected chi connectivity index (χ1v) is 6.38. The van der Waals surface area contributed by atoms with Crippen LogP contribution in [0.1, 0.15) is 23.6 Å². The number of hydrogen-bond donors (Lipinski definition) is 1. The Kier molecular flexibility index (Phi) is 4.81. The molecule has 0 heterocycles. The monoisotopic (exact) mass is 265 g/mol. The number of aryl methyl sites for hydroxylation is 2. The number of nitrogens with zero attached hydrogens (tertiary/aromatic N) is 1. The molecule has 19 heavy (non-hydrogen) atoms. The molecule has 0 bridgehead atoms. The maximum Gasteiger partial charge on any atom is 0.308 e. The highest BCUT2D eigenvalue weighted by atomic mass is 16.5. The van der Waals surface area contributed by atoms with Crippen molar-refractivity contribution in [1.82, 2.24) is 0 Å². The Labute approximate surface area is 115 Å². The van der Waals surface area contributed by atoms with Gasteiger partial charge in [-0.15, -0.1) is 0 Å². The van der Waals surface area contributed by atoms with Crippen molar-refractivity contribution in [3.63, 3.8) is 0 Å². The second kappa shape index (κ2) is 5.95. The molecular weight excluding hydrogens is 242 g/mol. The van der Waals surface area contributed by atoms with Crippen LogP contribution < -0.4 is 9.64 Å². The van der Waals surface area contributed by atoms with Crippen molar-refractivity contribution in [3.8, 4) is 5.75 Å². The van der Waals surface area contributed by atoms with Crippen molar-refractivity contribution >= 4 is 11.7 Å². The average molecular weight is 265 g/mol. The third kappa shape index (κ3) is 3.19. The molecule has 0 fully saturated rings. The van der Waals surface area contributed by atoms with Crippen LogP contribution in [0, 0.1) is 26.7 Å². The van der Waals surface area contributed by atoms with Gasteiger partial charge in [0.25, 0.3) is 0 Å². The number of carbonyl (C=O) groups is 1. The molecule has 1 aromatic carbocycles. The van der Waals surface area contributed by atoms with E-state index in [-0.39, 0.29) is 0 Å². The Morgan fingerprint density at radius 3 is 2.42 bits per heavy atom. The maximum atomic E-state index is 11.0. The molecule has 0 spiro atoms. The molecule has 1 rings (SSSR count). The molecule has 0 aliphatic rings. The van der Waals surface area contributed by atoms with E-state index in [9.17, 15) is 4.79 Å². The van der Waals surface area contributed by atoms with E-state index in [2.05, 4.69) is 13.0 Å². The van der Waals surface area contributed by atoms with Gasteiger partial charge in [0.2, 0.25) is 0 Å². The molecule has 4 heteroatoms. The van der Waals surface area contributed by atoms with E-state index >= 15 is 0 Å². The highest BCUT2D eigenvalue weighted by molar-refractivity contribution is 5.72. The lowest BCUT2D eigenvalue weighted by Crippen LogP contribution is -2.29. The summed E-state index contributed by atoms with van der Waals surface area (Å²) in [5, 5.41) is 9.01. The van der Waals surface area contributed by atoms with Crippen LogP contribution in [-0.4, -0.2) is 31.8 Å². The molecule has 1 atom stereocenters. The van der Waals surface area contributed by atoms with Gasteiger partial charge in [0.15, 0.2) is 0 Å². The fourth-order valence-electron chi connectivity index (χ4n) is 2.34. The number of benzene rings is 1. The lowest BCUT2D eigenvalue weighted by Gasteiger charge is -2.27. The van der Waals surface area contributed by atoms with Crippen LogP contribution in [0.2, 0.25) is 0 Å². The van der Waals surface area contributed by atoms with E-state index in [1.54, 1.807) is 14.0 Å². The van der Waals surface area contributed by atoms with Gasteiger partial charge in [-0.2, -0.15) is 0 Å². The Hall–Kier alpha value is -1.71. The number of carboxylic acid groups (broad SMARTS) is 1. The van der Waals surface area contributed by atoms with Gasteiger partial charge in [-0.1, -0.05) is 13.0 Å². The van der Waals surface area contributed by atoms with Crippen LogP contribution in [0.15, 0.2) is 6.07 Å².